The van der Waals surface area contributed by atoms with Gasteiger partial charge in [0.1, 0.15) is 12.2 Å². The highest BCUT2D eigenvalue weighted by molar-refractivity contribution is 5.91. The molecule has 130 valence electrons. The number of carbonyl (C=O) groups excluding carboxylic acids is 2. The second-order valence-electron chi connectivity index (χ2n) is 5.76. The molecule has 0 aliphatic carbocycles. The number of ether oxygens (including phenoxy) is 2. The van der Waals surface area contributed by atoms with E-state index in [9.17, 15) is 14.0 Å². The topological polar surface area (TPSA) is 79.9 Å². The Morgan fingerprint density at radius 2 is 2.25 bits per heavy atom. The lowest BCUT2D eigenvalue weighted by atomic mass is 10.0. The van der Waals surface area contributed by atoms with E-state index in [0.29, 0.717) is 24.4 Å². The van der Waals surface area contributed by atoms with Crippen LogP contribution in [0.1, 0.15) is 18.6 Å². The van der Waals surface area contributed by atoms with Crippen molar-refractivity contribution in [2.24, 2.45) is 0 Å². The second-order valence-corrected chi connectivity index (χ2v) is 5.76. The summed E-state index contributed by atoms with van der Waals surface area (Å²) in [6.07, 6.45) is -3.08. The molecule has 2 aliphatic rings. The van der Waals surface area contributed by atoms with Crippen LogP contribution in [0.5, 0.6) is 0 Å². The van der Waals surface area contributed by atoms with E-state index >= 15 is 0 Å². The van der Waals surface area contributed by atoms with Gasteiger partial charge in [0.2, 0.25) is 5.91 Å². The lowest BCUT2D eigenvalue weighted by molar-refractivity contribution is -0.119. The number of hydrogen-bond donors (Lipinski definition) is 2. The monoisotopic (exact) mass is 337 g/mol. The fourth-order valence-electron chi connectivity index (χ4n) is 2.88. The van der Waals surface area contributed by atoms with Gasteiger partial charge in [0.05, 0.1) is 25.4 Å². The number of amides is 2. The predicted molar refractivity (Wildman–Crippen MR) is 84.3 cm³/mol. The maximum atomic E-state index is 14.2. The van der Waals surface area contributed by atoms with E-state index in [1.54, 1.807) is 24.3 Å². The fourth-order valence-corrected chi connectivity index (χ4v) is 2.88. The molecule has 3 unspecified atom stereocenters. The van der Waals surface area contributed by atoms with Gasteiger partial charge in [0, 0.05) is 19.0 Å². The highest BCUT2D eigenvalue weighted by atomic mass is 19.1. The number of benzene rings is 1. The molecule has 2 amide bonds. The SMILES string of the molecule is CC(=O)NCC1CN(c2ccccc2C2OCCNC2F)C(=O)O1. The molecular formula is C16H20FN3O4. The van der Waals surface area contributed by atoms with Crippen LogP contribution in [0.3, 0.4) is 0 Å². The van der Waals surface area contributed by atoms with Gasteiger partial charge in [0.25, 0.3) is 0 Å². The van der Waals surface area contributed by atoms with Crippen LogP contribution < -0.4 is 15.5 Å². The minimum atomic E-state index is -1.34. The van der Waals surface area contributed by atoms with Crippen molar-refractivity contribution in [1.82, 2.24) is 10.6 Å². The van der Waals surface area contributed by atoms with Gasteiger partial charge in [0.15, 0.2) is 6.30 Å². The molecule has 2 fully saturated rings. The van der Waals surface area contributed by atoms with Crippen molar-refractivity contribution in [3.8, 4) is 0 Å². The standard InChI is InChI=1S/C16H20FN3O4/c1-10(21)19-8-11-9-20(16(22)24-11)13-5-3-2-4-12(13)14-15(17)18-6-7-23-14/h2-5,11,14-15,18H,6-9H2,1H3,(H,19,21). The van der Waals surface area contributed by atoms with Crippen molar-refractivity contribution in [2.45, 2.75) is 25.4 Å². The van der Waals surface area contributed by atoms with Gasteiger partial charge in [-0.05, 0) is 6.07 Å². The molecule has 1 aromatic rings. The number of carbonyl (C=O) groups is 2. The van der Waals surface area contributed by atoms with Crippen molar-refractivity contribution in [3.05, 3.63) is 29.8 Å². The number of rotatable bonds is 4. The Kier molecular flexibility index (Phi) is 4.96. The van der Waals surface area contributed by atoms with Gasteiger partial charge in [-0.25, -0.2) is 9.18 Å². The minimum Gasteiger partial charge on any atom is -0.442 e. The number of nitrogens with zero attached hydrogens (tertiary/aromatic N) is 1. The van der Waals surface area contributed by atoms with Gasteiger partial charge in [-0.15, -0.1) is 0 Å². The van der Waals surface area contributed by atoms with Crippen LogP contribution in [0, 0.1) is 0 Å². The largest absolute Gasteiger partial charge is 0.442 e. The number of nitrogens with one attached hydrogen (secondary N) is 2. The highest BCUT2D eigenvalue weighted by Crippen LogP contribution is 2.34. The van der Waals surface area contributed by atoms with E-state index in [1.807, 2.05) is 0 Å². The van der Waals surface area contributed by atoms with Crippen molar-refractivity contribution in [1.29, 1.82) is 0 Å². The summed E-state index contributed by atoms with van der Waals surface area (Å²) in [4.78, 5) is 24.6. The second kappa shape index (κ2) is 7.14. The van der Waals surface area contributed by atoms with E-state index in [-0.39, 0.29) is 19.0 Å². The van der Waals surface area contributed by atoms with Crippen LogP contribution in [-0.2, 0) is 14.3 Å². The summed E-state index contributed by atoms with van der Waals surface area (Å²) in [6.45, 7) is 2.78. The first-order valence-corrected chi connectivity index (χ1v) is 7.87. The molecule has 0 bridgehead atoms. The Balaban J connectivity index is 1.79. The zero-order valence-electron chi connectivity index (χ0n) is 13.3. The molecule has 7 nitrogen and oxygen atoms in total. The summed E-state index contributed by atoms with van der Waals surface area (Å²) in [5.74, 6) is -0.188. The Bertz CT molecular complexity index is 627. The smallest absolute Gasteiger partial charge is 0.414 e. The van der Waals surface area contributed by atoms with Crippen molar-refractivity contribution in [2.75, 3.05) is 31.1 Å². The molecule has 1 aromatic carbocycles. The molecule has 0 spiro atoms. The maximum Gasteiger partial charge on any atom is 0.414 e. The number of cyclic esters (lactones) is 1. The first-order valence-electron chi connectivity index (χ1n) is 7.87. The molecule has 2 heterocycles. The summed E-state index contributed by atoms with van der Waals surface area (Å²) in [5.41, 5.74) is 1.15. The number of alkyl halides is 1. The molecule has 2 N–H and O–H groups in total. The Morgan fingerprint density at radius 1 is 1.46 bits per heavy atom. The molecule has 2 aliphatic heterocycles. The molecule has 3 rings (SSSR count). The van der Waals surface area contributed by atoms with Gasteiger partial charge in [-0.1, -0.05) is 18.2 Å². The molecule has 3 atom stereocenters. The van der Waals surface area contributed by atoms with E-state index in [2.05, 4.69) is 10.6 Å². The van der Waals surface area contributed by atoms with Crippen LogP contribution in [0.4, 0.5) is 14.9 Å². The zero-order valence-corrected chi connectivity index (χ0v) is 13.3. The predicted octanol–water partition coefficient (Wildman–Crippen LogP) is 1.10. The number of morpholine rings is 1. The zero-order chi connectivity index (χ0) is 17.1. The maximum absolute atomic E-state index is 14.2. The lowest BCUT2D eigenvalue weighted by Gasteiger charge is -2.30. The fraction of sp³-hybridized carbons (Fsp3) is 0.500. The van der Waals surface area contributed by atoms with E-state index in [0.717, 1.165) is 0 Å². The first kappa shape index (κ1) is 16.7. The third-order valence-electron chi connectivity index (χ3n) is 3.99. The summed E-state index contributed by atoms with van der Waals surface area (Å²) < 4.78 is 25.0. The van der Waals surface area contributed by atoms with Crippen LogP contribution in [0.2, 0.25) is 0 Å². The van der Waals surface area contributed by atoms with Crippen LogP contribution in [0.25, 0.3) is 0 Å². The molecule has 24 heavy (non-hydrogen) atoms. The highest BCUT2D eigenvalue weighted by Gasteiger charge is 2.36. The van der Waals surface area contributed by atoms with Crippen LogP contribution >= 0.6 is 0 Å². The Hall–Kier alpha value is -2.19. The quantitative estimate of drug-likeness (QED) is 0.805. The van der Waals surface area contributed by atoms with Crippen molar-refractivity contribution < 1.29 is 23.5 Å². The minimum absolute atomic E-state index is 0.188. The molecule has 2 saturated heterocycles. The van der Waals surface area contributed by atoms with E-state index in [4.69, 9.17) is 9.47 Å². The summed E-state index contributed by atoms with van der Waals surface area (Å²) in [5, 5.41) is 5.35. The van der Waals surface area contributed by atoms with Crippen molar-refractivity contribution in [3.63, 3.8) is 0 Å². The lowest BCUT2D eigenvalue weighted by Crippen LogP contribution is -2.41. The van der Waals surface area contributed by atoms with Crippen LogP contribution in [0.15, 0.2) is 24.3 Å². The first-order chi connectivity index (χ1) is 11.6. The Morgan fingerprint density at radius 3 is 3.00 bits per heavy atom. The van der Waals surface area contributed by atoms with E-state index in [1.165, 1.54) is 11.8 Å². The molecule has 0 saturated carbocycles. The number of halogens is 1. The normalized spacial score (nSPS) is 27.0. The third kappa shape index (κ3) is 3.49. The number of para-hydroxylation sites is 1. The summed E-state index contributed by atoms with van der Waals surface area (Å²) in [6, 6.07) is 7.03. The molecule has 0 radical (unpaired) electrons. The number of anilines is 1. The summed E-state index contributed by atoms with van der Waals surface area (Å²) >= 11 is 0. The average molecular weight is 337 g/mol. The number of hydrogen-bond acceptors (Lipinski definition) is 5. The molecule has 0 aromatic heterocycles. The summed E-state index contributed by atoms with van der Waals surface area (Å²) in [7, 11) is 0. The van der Waals surface area contributed by atoms with Gasteiger partial charge in [-0.3, -0.25) is 15.0 Å². The van der Waals surface area contributed by atoms with Gasteiger partial charge in [-0.2, -0.15) is 0 Å². The molecular weight excluding hydrogens is 317 g/mol. The van der Waals surface area contributed by atoms with Gasteiger partial charge >= 0.3 is 6.09 Å². The van der Waals surface area contributed by atoms with Crippen LogP contribution in [-0.4, -0.2) is 50.6 Å². The van der Waals surface area contributed by atoms with Gasteiger partial charge < -0.3 is 14.8 Å². The van der Waals surface area contributed by atoms with Crippen molar-refractivity contribution >= 4 is 17.7 Å². The third-order valence-corrected chi connectivity index (χ3v) is 3.99. The van der Waals surface area contributed by atoms with E-state index < -0.39 is 24.6 Å². The molecule has 8 heteroatoms. The Labute approximate surface area is 139 Å². The average Bonchev–Trinajstić information content (AvgIpc) is 2.94.